The van der Waals surface area contributed by atoms with Gasteiger partial charge in [0.2, 0.25) is 0 Å². The van der Waals surface area contributed by atoms with Gasteiger partial charge < -0.3 is 19.5 Å². The molecular weight excluding hydrogens is 316 g/mol. The molecule has 25 heavy (non-hydrogen) atoms. The van der Waals surface area contributed by atoms with Gasteiger partial charge in [-0.15, -0.1) is 0 Å². The Bertz CT molecular complexity index is 876. The number of rotatable bonds is 6. The van der Waals surface area contributed by atoms with Gasteiger partial charge >= 0.3 is 0 Å². The van der Waals surface area contributed by atoms with Crippen LogP contribution in [0.25, 0.3) is 10.8 Å². The van der Waals surface area contributed by atoms with Crippen LogP contribution in [0.4, 0.5) is 5.69 Å². The van der Waals surface area contributed by atoms with Crippen LogP contribution >= 0.6 is 0 Å². The summed E-state index contributed by atoms with van der Waals surface area (Å²) in [6, 6.07) is 13.8. The van der Waals surface area contributed by atoms with Crippen molar-refractivity contribution in [3.05, 3.63) is 53.9 Å². The lowest BCUT2D eigenvalue weighted by Gasteiger charge is -2.13. The fraction of sp³-hybridized carbons (Fsp3) is 0.250. The van der Waals surface area contributed by atoms with Crippen LogP contribution in [0, 0.1) is 6.92 Å². The van der Waals surface area contributed by atoms with E-state index in [0.29, 0.717) is 12.3 Å². The van der Waals surface area contributed by atoms with Crippen LogP contribution in [-0.4, -0.2) is 26.3 Å². The average molecular weight is 338 g/mol. The molecule has 5 heteroatoms. The van der Waals surface area contributed by atoms with Gasteiger partial charge in [-0.25, -0.2) is 0 Å². The van der Waals surface area contributed by atoms with E-state index in [-0.39, 0.29) is 0 Å². The summed E-state index contributed by atoms with van der Waals surface area (Å²) in [7, 11) is 4.94. The first-order valence-corrected chi connectivity index (χ1v) is 8.04. The predicted molar refractivity (Wildman–Crippen MR) is 99.9 cm³/mol. The SMILES string of the molecule is COc1ccc(NCc2nc(C)cc3cc(OC)c(OC)cc23)cc1. The summed E-state index contributed by atoms with van der Waals surface area (Å²) >= 11 is 0. The van der Waals surface area contributed by atoms with Crippen molar-refractivity contribution >= 4 is 16.5 Å². The Morgan fingerprint density at radius 3 is 2.20 bits per heavy atom. The van der Waals surface area contributed by atoms with Crippen LogP contribution in [0.3, 0.4) is 0 Å². The van der Waals surface area contributed by atoms with E-state index in [2.05, 4.69) is 5.32 Å². The molecule has 0 bridgehead atoms. The molecule has 0 aliphatic heterocycles. The fourth-order valence-electron chi connectivity index (χ4n) is 2.82. The minimum atomic E-state index is 0.611. The number of methoxy groups -OCH3 is 3. The van der Waals surface area contributed by atoms with Crippen molar-refractivity contribution < 1.29 is 14.2 Å². The molecule has 3 aromatic rings. The molecule has 1 N–H and O–H groups in total. The van der Waals surface area contributed by atoms with Gasteiger partial charge in [0.25, 0.3) is 0 Å². The zero-order valence-corrected chi connectivity index (χ0v) is 14.9. The zero-order valence-electron chi connectivity index (χ0n) is 14.9. The summed E-state index contributed by atoms with van der Waals surface area (Å²) in [4.78, 5) is 4.70. The standard InChI is InChI=1S/C20H22N2O3/c1-13-9-14-10-19(24-3)20(25-4)11-17(14)18(22-13)12-21-15-5-7-16(23-2)8-6-15/h5-11,21H,12H2,1-4H3. The molecule has 0 spiro atoms. The second kappa shape index (κ2) is 7.30. The van der Waals surface area contributed by atoms with E-state index >= 15 is 0 Å². The summed E-state index contributed by atoms with van der Waals surface area (Å²) in [5.74, 6) is 2.25. The maximum atomic E-state index is 5.43. The number of aromatic nitrogens is 1. The first-order valence-electron chi connectivity index (χ1n) is 8.04. The van der Waals surface area contributed by atoms with Crippen LogP contribution in [0.5, 0.6) is 17.2 Å². The number of pyridine rings is 1. The van der Waals surface area contributed by atoms with Crippen molar-refractivity contribution in [3.8, 4) is 17.2 Å². The molecule has 3 rings (SSSR count). The topological polar surface area (TPSA) is 52.6 Å². The number of hydrogen-bond acceptors (Lipinski definition) is 5. The lowest BCUT2D eigenvalue weighted by atomic mass is 10.1. The largest absolute Gasteiger partial charge is 0.497 e. The summed E-state index contributed by atoms with van der Waals surface area (Å²) < 4.78 is 16.0. The smallest absolute Gasteiger partial charge is 0.161 e. The molecule has 0 radical (unpaired) electrons. The molecule has 5 nitrogen and oxygen atoms in total. The lowest BCUT2D eigenvalue weighted by molar-refractivity contribution is 0.356. The minimum absolute atomic E-state index is 0.611. The molecule has 0 atom stereocenters. The molecule has 0 unspecified atom stereocenters. The summed E-state index contributed by atoms with van der Waals surface area (Å²) in [6.45, 7) is 2.60. The molecule has 0 amide bonds. The molecule has 1 aromatic heterocycles. The van der Waals surface area contributed by atoms with E-state index in [1.807, 2.05) is 49.4 Å². The van der Waals surface area contributed by atoms with Gasteiger partial charge in [-0.3, -0.25) is 4.98 Å². The highest BCUT2D eigenvalue weighted by atomic mass is 16.5. The van der Waals surface area contributed by atoms with E-state index in [1.54, 1.807) is 21.3 Å². The third-order valence-electron chi connectivity index (χ3n) is 4.09. The zero-order chi connectivity index (χ0) is 17.8. The number of hydrogen-bond donors (Lipinski definition) is 1. The third-order valence-corrected chi connectivity index (χ3v) is 4.09. The monoisotopic (exact) mass is 338 g/mol. The normalized spacial score (nSPS) is 10.6. The number of aryl methyl sites for hydroxylation is 1. The molecule has 2 aromatic carbocycles. The molecule has 0 saturated carbocycles. The average Bonchev–Trinajstić information content (AvgIpc) is 2.65. The Labute approximate surface area is 147 Å². The maximum Gasteiger partial charge on any atom is 0.161 e. The first-order chi connectivity index (χ1) is 12.1. The Balaban J connectivity index is 1.93. The van der Waals surface area contributed by atoms with E-state index < -0.39 is 0 Å². The van der Waals surface area contributed by atoms with Crippen LogP contribution in [0.15, 0.2) is 42.5 Å². The minimum Gasteiger partial charge on any atom is -0.497 e. The van der Waals surface area contributed by atoms with Crippen LogP contribution in [0.1, 0.15) is 11.4 Å². The first kappa shape index (κ1) is 16.9. The Hall–Kier alpha value is -2.95. The van der Waals surface area contributed by atoms with Crippen LogP contribution in [0.2, 0.25) is 0 Å². The van der Waals surface area contributed by atoms with Crippen molar-refractivity contribution in [2.75, 3.05) is 26.6 Å². The number of benzene rings is 2. The van der Waals surface area contributed by atoms with Crippen molar-refractivity contribution in [1.29, 1.82) is 0 Å². The van der Waals surface area contributed by atoms with Crippen molar-refractivity contribution in [3.63, 3.8) is 0 Å². The molecule has 0 aliphatic rings. The quantitative estimate of drug-likeness (QED) is 0.731. The molecule has 0 aliphatic carbocycles. The van der Waals surface area contributed by atoms with Crippen molar-refractivity contribution in [1.82, 2.24) is 4.98 Å². The van der Waals surface area contributed by atoms with Crippen LogP contribution in [-0.2, 0) is 6.54 Å². The molecule has 0 saturated heterocycles. The summed E-state index contributed by atoms with van der Waals surface area (Å²) in [5.41, 5.74) is 2.94. The number of anilines is 1. The maximum absolute atomic E-state index is 5.43. The number of nitrogens with zero attached hydrogens (tertiary/aromatic N) is 1. The van der Waals surface area contributed by atoms with Gasteiger partial charge in [-0.2, -0.15) is 0 Å². The number of nitrogens with one attached hydrogen (secondary N) is 1. The van der Waals surface area contributed by atoms with Gasteiger partial charge in [0.1, 0.15) is 5.75 Å². The number of fused-ring (bicyclic) bond motifs is 1. The van der Waals surface area contributed by atoms with Crippen molar-refractivity contribution in [2.24, 2.45) is 0 Å². The molecule has 1 heterocycles. The highest BCUT2D eigenvalue weighted by Crippen LogP contribution is 2.33. The van der Waals surface area contributed by atoms with E-state index in [4.69, 9.17) is 19.2 Å². The highest BCUT2D eigenvalue weighted by molar-refractivity contribution is 5.88. The second-order valence-corrected chi connectivity index (χ2v) is 5.72. The van der Waals surface area contributed by atoms with Gasteiger partial charge in [-0.05, 0) is 54.8 Å². The Kier molecular flexibility index (Phi) is 4.93. The second-order valence-electron chi connectivity index (χ2n) is 5.72. The highest BCUT2D eigenvalue weighted by Gasteiger charge is 2.11. The third kappa shape index (κ3) is 3.60. The van der Waals surface area contributed by atoms with Gasteiger partial charge in [0, 0.05) is 16.8 Å². The van der Waals surface area contributed by atoms with E-state index in [1.165, 1.54) is 0 Å². The van der Waals surface area contributed by atoms with Gasteiger partial charge in [-0.1, -0.05) is 0 Å². The Morgan fingerprint density at radius 1 is 0.880 bits per heavy atom. The van der Waals surface area contributed by atoms with E-state index in [0.717, 1.165) is 39.3 Å². The summed E-state index contributed by atoms with van der Waals surface area (Å²) in [5, 5.41) is 5.53. The fourth-order valence-corrected chi connectivity index (χ4v) is 2.82. The van der Waals surface area contributed by atoms with Gasteiger partial charge in [0.05, 0.1) is 33.6 Å². The molecular formula is C20H22N2O3. The van der Waals surface area contributed by atoms with Gasteiger partial charge in [0.15, 0.2) is 11.5 Å². The van der Waals surface area contributed by atoms with Crippen molar-refractivity contribution in [2.45, 2.75) is 13.5 Å². The van der Waals surface area contributed by atoms with E-state index in [9.17, 15) is 0 Å². The Morgan fingerprint density at radius 2 is 1.56 bits per heavy atom. The van der Waals surface area contributed by atoms with Crippen LogP contribution < -0.4 is 19.5 Å². The molecule has 130 valence electrons. The predicted octanol–water partition coefficient (Wildman–Crippen LogP) is 4.18. The lowest BCUT2D eigenvalue weighted by Crippen LogP contribution is -2.04. The summed E-state index contributed by atoms with van der Waals surface area (Å²) in [6.07, 6.45) is 0. The molecule has 0 fully saturated rings. The number of ether oxygens (including phenoxy) is 3.